The third kappa shape index (κ3) is 2.14. The van der Waals surface area contributed by atoms with Crippen LogP contribution in [0, 0.1) is 11.8 Å². The summed E-state index contributed by atoms with van der Waals surface area (Å²) in [6.45, 7) is 3.40. The van der Waals surface area contributed by atoms with Crippen LogP contribution in [0.2, 0.25) is 0 Å². The van der Waals surface area contributed by atoms with E-state index >= 15 is 0 Å². The number of Topliss-reactive ketones (excluding diaryl/α,β-unsaturated/α-hetero) is 1. The van der Waals surface area contributed by atoms with Crippen LogP contribution < -0.4 is 9.47 Å². The van der Waals surface area contributed by atoms with Gasteiger partial charge < -0.3 is 9.47 Å². The summed E-state index contributed by atoms with van der Waals surface area (Å²) in [6.07, 6.45) is 2.06. The third-order valence-electron chi connectivity index (χ3n) is 3.22. The van der Waals surface area contributed by atoms with Gasteiger partial charge >= 0.3 is 0 Å². The van der Waals surface area contributed by atoms with Crippen molar-refractivity contribution >= 4 is 5.78 Å². The molecule has 1 unspecified atom stereocenters. The highest BCUT2D eigenvalue weighted by atomic mass is 16.5. The zero-order valence-corrected chi connectivity index (χ0v) is 9.94. The summed E-state index contributed by atoms with van der Waals surface area (Å²) in [7, 11) is 0. The molecule has 0 saturated heterocycles. The molecule has 3 nitrogen and oxygen atoms in total. The van der Waals surface area contributed by atoms with Crippen molar-refractivity contribution in [2.45, 2.75) is 19.8 Å². The van der Waals surface area contributed by atoms with Gasteiger partial charge in [-0.3, -0.25) is 4.79 Å². The maximum absolute atomic E-state index is 11.9. The maximum atomic E-state index is 11.9. The van der Waals surface area contributed by atoms with Crippen molar-refractivity contribution < 1.29 is 14.3 Å². The van der Waals surface area contributed by atoms with Crippen LogP contribution in [0.1, 0.15) is 30.1 Å². The van der Waals surface area contributed by atoms with Gasteiger partial charge in [-0.05, 0) is 31.0 Å². The molecule has 3 heteroatoms. The number of hydrogen-bond donors (Lipinski definition) is 0. The number of benzene rings is 1. The van der Waals surface area contributed by atoms with E-state index in [4.69, 9.17) is 9.47 Å². The van der Waals surface area contributed by atoms with Gasteiger partial charge in [0.25, 0.3) is 0 Å². The topological polar surface area (TPSA) is 35.5 Å². The number of fused-ring (bicyclic) bond motifs is 1. The highest BCUT2D eigenvalue weighted by Crippen LogP contribution is 2.36. The van der Waals surface area contributed by atoms with E-state index in [0.717, 1.165) is 24.2 Å². The number of ketones is 1. The normalized spacial score (nSPS) is 23.0. The van der Waals surface area contributed by atoms with Gasteiger partial charge in [0, 0.05) is 17.4 Å². The second kappa shape index (κ2) is 4.06. The van der Waals surface area contributed by atoms with Crippen LogP contribution in [0.3, 0.4) is 0 Å². The van der Waals surface area contributed by atoms with E-state index in [9.17, 15) is 4.79 Å². The molecule has 0 spiro atoms. The van der Waals surface area contributed by atoms with Crippen molar-refractivity contribution in [3.63, 3.8) is 0 Å². The Bertz CT molecular complexity index is 449. The molecule has 0 amide bonds. The van der Waals surface area contributed by atoms with Crippen LogP contribution in [0.5, 0.6) is 11.5 Å². The molecule has 17 heavy (non-hydrogen) atoms. The molecule has 1 saturated carbocycles. The lowest BCUT2D eigenvalue weighted by Gasteiger charge is -2.08. The van der Waals surface area contributed by atoms with Crippen molar-refractivity contribution in [1.82, 2.24) is 0 Å². The fourth-order valence-corrected chi connectivity index (χ4v) is 1.99. The van der Waals surface area contributed by atoms with Crippen molar-refractivity contribution in [2.24, 2.45) is 11.8 Å². The Balaban J connectivity index is 1.87. The van der Waals surface area contributed by atoms with E-state index in [-0.39, 0.29) is 11.7 Å². The number of ether oxygens (including phenoxy) is 2. The van der Waals surface area contributed by atoms with E-state index < -0.39 is 0 Å². The highest BCUT2D eigenvalue weighted by Gasteiger charge is 2.31. The lowest BCUT2D eigenvalue weighted by atomic mass is 10.1. The minimum absolute atomic E-state index is 0.244. The monoisotopic (exact) mass is 232 g/mol. The van der Waals surface area contributed by atoms with E-state index in [0.29, 0.717) is 24.9 Å². The van der Waals surface area contributed by atoms with Crippen LogP contribution >= 0.6 is 0 Å². The van der Waals surface area contributed by atoms with E-state index in [1.807, 2.05) is 18.2 Å². The summed E-state index contributed by atoms with van der Waals surface area (Å²) >= 11 is 0. The molecule has 2 aliphatic rings. The number of rotatable bonds is 2. The predicted octanol–water partition coefficient (Wildman–Crippen LogP) is 2.69. The Labute approximate surface area is 101 Å². The Morgan fingerprint density at radius 3 is 2.59 bits per heavy atom. The van der Waals surface area contributed by atoms with Crippen LogP contribution in [0.25, 0.3) is 0 Å². The molecular weight excluding hydrogens is 216 g/mol. The van der Waals surface area contributed by atoms with Gasteiger partial charge in [-0.15, -0.1) is 0 Å². The van der Waals surface area contributed by atoms with Gasteiger partial charge in [0.05, 0.1) is 13.2 Å². The lowest BCUT2D eigenvalue weighted by molar-refractivity contribution is 0.0967. The number of carbonyl (C=O) groups is 1. The van der Waals surface area contributed by atoms with Crippen LogP contribution in [0.15, 0.2) is 18.2 Å². The lowest BCUT2D eigenvalue weighted by Crippen LogP contribution is -2.12. The first-order valence-corrected chi connectivity index (χ1v) is 6.18. The number of hydrogen-bond acceptors (Lipinski definition) is 3. The Morgan fingerprint density at radius 1 is 1.18 bits per heavy atom. The summed E-state index contributed by atoms with van der Waals surface area (Å²) in [5.41, 5.74) is 0.754. The zero-order valence-electron chi connectivity index (χ0n) is 9.94. The average Bonchev–Trinajstić information content (AvgIpc) is 3.16. The summed E-state index contributed by atoms with van der Waals surface area (Å²) in [4.78, 5) is 11.9. The van der Waals surface area contributed by atoms with Crippen LogP contribution in [0.4, 0.5) is 0 Å². The molecule has 3 rings (SSSR count). The second-order valence-electron chi connectivity index (χ2n) is 5.03. The van der Waals surface area contributed by atoms with Crippen molar-refractivity contribution in [3.05, 3.63) is 23.8 Å². The van der Waals surface area contributed by atoms with Gasteiger partial charge in [0.2, 0.25) is 0 Å². The van der Waals surface area contributed by atoms with Crippen molar-refractivity contribution in [2.75, 3.05) is 13.2 Å². The molecular formula is C14H16O3. The van der Waals surface area contributed by atoms with Gasteiger partial charge in [0.1, 0.15) is 0 Å². The summed E-state index contributed by atoms with van der Waals surface area (Å²) in [5.74, 6) is 2.33. The predicted molar refractivity (Wildman–Crippen MR) is 63.7 cm³/mol. The molecule has 90 valence electrons. The van der Waals surface area contributed by atoms with E-state index in [2.05, 4.69) is 6.92 Å². The molecule has 1 fully saturated rings. The minimum Gasteiger partial charge on any atom is -0.489 e. The second-order valence-corrected chi connectivity index (χ2v) is 5.03. The van der Waals surface area contributed by atoms with Crippen molar-refractivity contribution in [1.29, 1.82) is 0 Å². The molecule has 0 aromatic heterocycles. The SMILES string of the molecule is CC1COc2ccc(C(=O)C3CC3)cc2OC1. The first-order chi connectivity index (χ1) is 8.24. The Hall–Kier alpha value is -1.51. The summed E-state index contributed by atoms with van der Waals surface area (Å²) in [5, 5.41) is 0. The first kappa shape index (κ1) is 10.6. The first-order valence-electron chi connectivity index (χ1n) is 6.18. The smallest absolute Gasteiger partial charge is 0.166 e. The van der Waals surface area contributed by atoms with Crippen LogP contribution in [-0.4, -0.2) is 19.0 Å². The average molecular weight is 232 g/mol. The molecule has 1 aromatic carbocycles. The fourth-order valence-electron chi connectivity index (χ4n) is 1.99. The maximum Gasteiger partial charge on any atom is 0.166 e. The molecule has 1 heterocycles. The summed E-state index contributed by atoms with van der Waals surface area (Å²) in [6, 6.07) is 5.52. The largest absolute Gasteiger partial charge is 0.489 e. The molecule has 1 aromatic rings. The summed E-state index contributed by atoms with van der Waals surface area (Å²) < 4.78 is 11.3. The fraction of sp³-hybridized carbons (Fsp3) is 0.500. The van der Waals surface area contributed by atoms with Gasteiger partial charge in [-0.2, -0.15) is 0 Å². The minimum atomic E-state index is 0.244. The quantitative estimate of drug-likeness (QED) is 0.735. The van der Waals surface area contributed by atoms with E-state index in [1.54, 1.807) is 0 Å². The Kier molecular flexibility index (Phi) is 2.54. The molecule has 1 aliphatic heterocycles. The van der Waals surface area contributed by atoms with E-state index in [1.165, 1.54) is 0 Å². The van der Waals surface area contributed by atoms with Crippen LogP contribution in [-0.2, 0) is 0 Å². The molecule has 1 atom stereocenters. The van der Waals surface area contributed by atoms with Gasteiger partial charge in [-0.1, -0.05) is 6.92 Å². The van der Waals surface area contributed by atoms with Gasteiger partial charge in [0.15, 0.2) is 17.3 Å². The standard InChI is InChI=1S/C14H16O3/c1-9-7-16-12-5-4-11(6-13(12)17-8-9)14(15)10-2-3-10/h4-6,9-10H,2-3,7-8H2,1H3. The molecule has 0 radical (unpaired) electrons. The Morgan fingerprint density at radius 2 is 1.88 bits per heavy atom. The number of carbonyl (C=O) groups excluding carboxylic acids is 1. The van der Waals surface area contributed by atoms with Crippen molar-refractivity contribution in [3.8, 4) is 11.5 Å². The third-order valence-corrected chi connectivity index (χ3v) is 3.22. The molecule has 0 N–H and O–H groups in total. The highest BCUT2D eigenvalue weighted by molar-refractivity contribution is 5.99. The molecule has 0 bridgehead atoms. The molecule has 1 aliphatic carbocycles. The zero-order chi connectivity index (χ0) is 11.8. The van der Waals surface area contributed by atoms with Gasteiger partial charge in [-0.25, -0.2) is 0 Å².